The maximum Gasteiger partial charge on any atom is 0.414 e. The Hall–Kier alpha value is -2.10. The number of carbonyl (C=O) groups excluding carboxylic acids is 2. The summed E-state index contributed by atoms with van der Waals surface area (Å²) < 4.78 is 5.02. The lowest BCUT2D eigenvalue weighted by Crippen LogP contribution is -2.21. The monoisotopic (exact) mass is 245 g/mol. The molecule has 1 aromatic rings. The van der Waals surface area contributed by atoms with Crippen LogP contribution in [0.25, 0.3) is 0 Å². The number of cyclic esters (lactones) is 1. The molecule has 0 N–H and O–H groups in total. The zero-order valence-corrected chi connectivity index (χ0v) is 10.2. The molecule has 94 valence electrons. The summed E-state index contributed by atoms with van der Waals surface area (Å²) in [4.78, 5) is 24.3. The zero-order valence-electron chi connectivity index (χ0n) is 10.2. The highest BCUT2D eigenvalue weighted by Crippen LogP contribution is 2.27. The fourth-order valence-corrected chi connectivity index (χ4v) is 1.81. The third kappa shape index (κ3) is 2.59. The molecule has 0 saturated carbocycles. The molecular weight excluding hydrogens is 230 g/mol. The highest BCUT2D eigenvalue weighted by atomic mass is 16.6. The second kappa shape index (κ2) is 5.49. The van der Waals surface area contributed by atoms with Gasteiger partial charge in [0.1, 0.15) is 6.61 Å². The van der Waals surface area contributed by atoms with Gasteiger partial charge in [-0.25, -0.2) is 4.79 Å². The predicted molar refractivity (Wildman–Crippen MR) is 66.8 cm³/mol. The van der Waals surface area contributed by atoms with Gasteiger partial charge in [-0.05, 0) is 11.6 Å². The van der Waals surface area contributed by atoms with E-state index in [9.17, 15) is 9.59 Å². The molecule has 1 saturated heterocycles. The van der Waals surface area contributed by atoms with Crippen LogP contribution < -0.4 is 0 Å². The Bertz CT molecular complexity index is 467. The number of amides is 1. The van der Waals surface area contributed by atoms with E-state index in [4.69, 9.17) is 4.74 Å². The number of ketones is 1. The van der Waals surface area contributed by atoms with Crippen LogP contribution in [0.1, 0.15) is 24.9 Å². The molecule has 2 rings (SSSR count). The van der Waals surface area contributed by atoms with Gasteiger partial charge in [0, 0.05) is 12.6 Å². The summed E-state index contributed by atoms with van der Waals surface area (Å²) in [6, 6.07) is 9.47. The van der Waals surface area contributed by atoms with E-state index in [1.807, 2.05) is 30.3 Å². The van der Waals surface area contributed by atoms with Crippen LogP contribution in [0.4, 0.5) is 4.79 Å². The van der Waals surface area contributed by atoms with Crippen molar-refractivity contribution in [3.05, 3.63) is 48.2 Å². The smallest absolute Gasteiger partial charge is 0.414 e. The minimum atomic E-state index is -0.413. The average Bonchev–Trinajstić information content (AvgIpc) is 2.78. The van der Waals surface area contributed by atoms with Crippen molar-refractivity contribution in [3.8, 4) is 0 Å². The molecule has 0 radical (unpaired) electrons. The number of hydrogen-bond donors (Lipinski definition) is 0. The van der Waals surface area contributed by atoms with Crippen LogP contribution in [0.15, 0.2) is 42.6 Å². The first-order chi connectivity index (χ1) is 8.72. The number of ether oxygens (including phenoxy) is 1. The molecule has 4 nitrogen and oxygen atoms in total. The topological polar surface area (TPSA) is 46.6 Å². The van der Waals surface area contributed by atoms with E-state index in [1.54, 1.807) is 6.92 Å². The molecule has 1 heterocycles. The summed E-state index contributed by atoms with van der Waals surface area (Å²) in [6.07, 6.45) is 2.94. The van der Waals surface area contributed by atoms with E-state index < -0.39 is 6.09 Å². The summed E-state index contributed by atoms with van der Waals surface area (Å²) in [5.74, 6) is -0.0125. The first-order valence-electron chi connectivity index (χ1n) is 5.93. The van der Waals surface area contributed by atoms with Crippen LogP contribution in [-0.2, 0) is 9.53 Å². The van der Waals surface area contributed by atoms with E-state index in [2.05, 4.69) is 0 Å². The van der Waals surface area contributed by atoms with Crippen molar-refractivity contribution in [1.82, 2.24) is 4.90 Å². The van der Waals surface area contributed by atoms with Gasteiger partial charge < -0.3 is 4.74 Å². The minimum absolute atomic E-state index is 0.0125. The van der Waals surface area contributed by atoms with Crippen molar-refractivity contribution in [2.45, 2.75) is 19.4 Å². The fourth-order valence-electron chi connectivity index (χ4n) is 1.81. The van der Waals surface area contributed by atoms with Crippen LogP contribution in [0.2, 0.25) is 0 Å². The summed E-state index contributed by atoms with van der Waals surface area (Å²) in [5, 5.41) is 0. The number of allylic oxidation sites excluding steroid dienone is 1. The fraction of sp³-hybridized carbons (Fsp3) is 0.286. The highest BCUT2D eigenvalue weighted by Gasteiger charge is 2.32. The Morgan fingerprint density at radius 3 is 2.83 bits per heavy atom. The molecule has 18 heavy (non-hydrogen) atoms. The van der Waals surface area contributed by atoms with Gasteiger partial charge in [0.2, 0.25) is 0 Å². The van der Waals surface area contributed by atoms with E-state index in [0.717, 1.165) is 5.56 Å². The predicted octanol–water partition coefficient (Wildman–Crippen LogP) is 2.67. The molecule has 1 amide bonds. The molecular formula is C14H15NO3. The van der Waals surface area contributed by atoms with Crippen molar-refractivity contribution in [1.29, 1.82) is 0 Å². The third-order valence-corrected chi connectivity index (χ3v) is 2.87. The Kier molecular flexibility index (Phi) is 3.77. The van der Waals surface area contributed by atoms with Crippen LogP contribution in [0.5, 0.6) is 0 Å². The van der Waals surface area contributed by atoms with E-state index in [0.29, 0.717) is 13.0 Å². The van der Waals surface area contributed by atoms with Gasteiger partial charge in [0.25, 0.3) is 0 Å². The molecule has 1 aromatic carbocycles. The van der Waals surface area contributed by atoms with Crippen LogP contribution in [0.3, 0.4) is 0 Å². The Morgan fingerprint density at radius 1 is 1.44 bits per heavy atom. The molecule has 1 fully saturated rings. The molecule has 0 aliphatic carbocycles. The second-order valence-electron chi connectivity index (χ2n) is 4.05. The van der Waals surface area contributed by atoms with Gasteiger partial charge in [-0.2, -0.15) is 0 Å². The van der Waals surface area contributed by atoms with Crippen LogP contribution in [0, 0.1) is 0 Å². The molecule has 0 aromatic heterocycles. The Labute approximate surface area is 106 Å². The summed E-state index contributed by atoms with van der Waals surface area (Å²) in [7, 11) is 0. The number of hydrogen-bond acceptors (Lipinski definition) is 3. The van der Waals surface area contributed by atoms with Crippen molar-refractivity contribution < 1.29 is 14.3 Å². The minimum Gasteiger partial charge on any atom is -0.447 e. The summed E-state index contributed by atoms with van der Waals surface area (Å²) >= 11 is 0. The van der Waals surface area contributed by atoms with Crippen molar-refractivity contribution in [2.75, 3.05) is 6.61 Å². The molecule has 0 bridgehead atoms. The van der Waals surface area contributed by atoms with Crippen molar-refractivity contribution in [2.24, 2.45) is 0 Å². The molecule has 0 unspecified atom stereocenters. The first kappa shape index (κ1) is 12.4. The lowest BCUT2D eigenvalue weighted by atomic mass is 10.1. The number of nitrogens with zero attached hydrogens (tertiary/aromatic N) is 1. The normalized spacial score (nSPS) is 19.3. The maximum atomic E-state index is 11.6. The standard InChI is InChI=1S/C14H15NO3/c1-2-12(16)8-9-15-13(10-18-14(15)17)11-6-4-3-5-7-11/h3-9,13H,2,10H2,1H3/b9-8-/t13-/m0/s1. The molecule has 0 spiro atoms. The van der Waals surface area contributed by atoms with Gasteiger partial charge in [-0.3, -0.25) is 9.69 Å². The van der Waals surface area contributed by atoms with Crippen LogP contribution >= 0.6 is 0 Å². The second-order valence-corrected chi connectivity index (χ2v) is 4.05. The van der Waals surface area contributed by atoms with Crippen LogP contribution in [-0.4, -0.2) is 23.4 Å². The van der Waals surface area contributed by atoms with E-state index >= 15 is 0 Å². The lowest BCUT2D eigenvalue weighted by Gasteiger charge is -2.17. The number of carbonyl (C=O) groups is 2. The van der Waals surface area contributed by atoms with Gasteiger partial charge >= 0.3 is 6.09 Å². The molecule has 4 heteroatoms. The SMILES string of the molecule is CCC(=O)/C=C\N1C(=O)OC[C@H]1c1ccccc1. The van der Waals surface area contributed by atoms with Gasteiger partial charge in [-0.15, -0.1) is 0 Å². The largest absolute Gasteiger partial charge is 0.447 e. The summed E-state index contributed by atoms with van der Waals surface area (Å²) in [5.41, 5.74) is 0.997. The maximum absolute atomic E-state index is 11.6. The molecule has 1 atom stereocenters. The number of rotatable bonds is 4. The van der Waals surface area contributed by atoms with Gasteiger partial charge in [-0.1, -0.05) is 37.3 Å². The Balaban J connectivity index is 2.18. The summed E-state index contributed by atoms with van der Waals surface area (Å²) in [6.45, 7) is 2.09. The first-order valence-corrected chi connectivity index (χ1v) is 5.93. The molecule has 1 aliphatic heterocycles. The van der Waals surface area contributed by atoms with Gasteiger partial charge in [0.15, 0.2) is 5.78 Å². The average molecular weight is 245 g/mol. The molecule has 1 aliphatic rings. The number of benzene rings is 1. The van der Waals surface area contributed by atoms with Crippen molar-refractivity contribution >= 4 is 11.9 Å². The zero-order chi connectivity index (χ0) is 13.0. The third-order valence-electron chi connectivity index (χ3n) is 2.87. The van der Waals surface area contributed by atoms with E-state index in [-0.39, 0.29) is 11.8 Å². The lowest BCUT2D eigenvalue weighted by molar-refractivity contribution is -0.114. The van der Waals surface area contributed by atoms with Gasteiger partial charge in [0.05, 0.1) is 6.04 Å². The van der Waals surface area contributed by atoms with Crippen molar-refractivity contribution in [3.63, 3.8) is 0 Å². The highest BCUT2D eigenvalue weighted by molar-refractivity contribution is 5.89. The van der Waals surface area contributed by atoms with E-state index in [1.165, 1.54) is 17.2 Å². The Morgan fingerprint density at radius 2 is 2.17 bits per heavy atom. The quantitative estimate of drug-likeness (QED) is 0.766.